The predicted octanol–water partition coefficient (Wildman–Crippen LogP) is 4.03. The molecular formula is C27H32ClFN6O3. The molecular weight excluding hydrogens is 511 g/mol. The quantitative estimate of drug-likeness (QED) is 0.447. The van der Waals surface area contributed by atoms with E-state index in [1.165, 1.54) is 12.1 Å². The van der Waals surface area contributed by atoms with Crippen molar-refractivity contribution in [2.75, 3.05) is 58.7 Å². The first-order valence-electron chi connectivity index (χ1n) is 12.4. The summed E-state index contributed by atoms with van der Waals surface area (Å²) in [6.45, 7) is 4.35. The van der Waals surface area contributed by atoms with Gasteiger partial charge in [-0.15, -0.1) is 0 Å². The average molecular weight is 543 g/mol. The van der Waals surface area contributed by atoms with Gasteiger partial charge in [-0.1, -0.05) is 29.8 Å². The van der Waals surface area contributed by atoms with Gasteiger partial charge >= 0.3 is 12.1 Å². The molecule has 202 valence electrons. The van der Waals surface area contributed by atoms with Crippen molar-refractivity contribution >= 4 is 40.3 Å². The van der Waals surface area contributed by atoms with Gasteiger partial charge in [-0.2, -0.15) is 0 Å². The maximum atomic E-state index is 13.6. The zero-order valence-corrected chi connectivity index (χ0v) is 22.2. The summed E-state index contributed by atoms with van der Waals surface area (Å²) < 4.78 is 19.1. The first kappa shape index (κ1) is 27.6. The highest BCUT2D eigenvalue weighted by Crippen LogP contribution is 2.18. The standard InChI is InChI=1S/C27H32ClFN6O3/c1-33-9-11-35(12-10-33)17-23(34(2)26(36)31-16-20-5-3-4-6-24(20)28)18-38-27(37)32-25-14-21-13-22(29)8-7-19(21)15-30-25/h3-8,13-15,23H,9-12,16-18H2,1-2H3,(H,31,36)(H,30,32,37)/t23-/m0/s1. The van der Waals surface area contributed by atoms with Crippen LogP contribution in [0.3, 0.4) is 0 Å². The number of ether oxygens (including phenoxy) is 1. The molecule has 2 heterocycles. The second-order valence-electron chi connectivity index (χ2n) is 9.40. The molecule has 3 amide bonds. The summed E-state index contributed by atoms with van der Waals surface area (Å²) in [5.41, 5.74) is 0.810. The third kappa shape index (κ3) is 7.53. The Labute approximate surface area is 226 Å². The van der Waals surface area contributed by atoms with Crippen LogP contribution in [0.2, 0.25) is 5.02 Å². The number of carbonyl (C=O) groups excluding carboxylic acids is 2. The number of amides is 3. The van der Waals surface area contributed by atoms with E-state index < -0.39 is 12.1 Å². The molecule has 2 aromatic carbocycles. The highest BCUT2D eigenvalue weighted by Gasteiger charge is 2.26. The van der Waals surface area contributed by atoms with Crippen molar-refractivity contribution in [3.63, 3.8) is 0 Å². The van der Waals surface area contributed by atoms with Crippen LogP contribution in [0, 0.1) is 5.82 Å². The molecule has 0 spiro atoms. The average Bonchev–Trinajstić information content (AvgIpc) is 2.91. The Morgan fingerprint density at radius 2 is 1.89 bits per heavy atom. The molecule has 9 nitrogen and oxygen atoms in total. The molecule has 1 aliphatic heterocycles. The van der Waals surface area contributed by atoms with Crippen molar-refractivity contribution in [3.05, 3.63) is 71.1 Å². The SMILES string of the molecule is CN1CCN(C[C@@H](COC(=O)Nc2cc3cc(F)ccc3cn2)N(C)C(=O)NCc2ccccc2Cl)CC1. The Morgan fingerprint density at radius 1 is 1.13 bits per heavy atom. The summed E-state index contributed by atoms with van der Waals surface area (Å²) in [4.78, 5) is 35.8. The van der Waals surface area contributed by atoms with Gasteiger partial charge in [0.25, 0.3) is 0 Å². The van der Waals surface area contributed by atoms with Crippen molar-refractivity contribution in [3.8, 4) is 0 Å². The normalized spacial score (nSPS) is 15.2. The monoisotopic (exact) mass is 542 g/mol. The topological polar surface area (TPSA) is 90.0 Å². The van der Waals surface area contributed by atoms with Crippen LogP contribution in [-0.2, 0) is 11.3 Å². The Hall–Kier alpha value is -3.47. The second-order valence-corrected chi connectivity index (χ2v) is 9.81. The van der Waals surface area contributed by atoms with Gasteiger partial charge in [0.1, 0.15) is 18.2 Å². The molecule has 3 aromatic rings. The first-order valence-corrected chi connectivity index (χ1v) is 12.8. The molecule has 4 rings (SSSR count). The van der Waals surface area contributed by atoms with Gasteiger partial charge < -0.3 is 19.9 Å². The fourth-order valence-corrected chi connectivity index (χ4v) is 4.41. The number of nitrogens with zero attached hydrogens (tertiary/aromatic N) is 4. The third-order valence-electron chi connectivity index (χ3n) is 6.64. The smallest absolute Gasteiger partial charge is 0.412 e. The minimum atomic E-state index is -0.707. The largest absolute Gasteiger partial charge is 0.447 e. The molecule has 1 aliphatic rings. The van der Waals surface area contributed by atoms with Crippen molar-refractivity contribution in [1.82, 2.24) is 25.0 Å². The molecule has 1 atom stereocenters. The number of hydrogen-bond donors (Lipinski definition) is 2. The fraction of sp³-hybridized carbons (Fsp3) is 0.370. The Bertz CT molecular complexity index is 1270. The summed E-state index contributed by atoms with van der Waals surface area (Å²) in [6, 6.07) is 12.6. The highest BCUT2D eigenvalue weighted by molar-refractivity contribution is 6.31. The van der Waals surface area contributed by atoms with Crippen LogP contribution in [0.5, 0.6) is 0 Å². The van der Waals surface area contributed by atoms with Gasteiger partial charge in [0.15, 0.2) is 0 Å². The minimum absolute atomic E-state index is 0.0175. The number of rotatable bonds is 8. The molecule has 0 bridgehead atoms. The number of piperazine rings is 1. The highest BCUT2D eigenvalue weighted by atomic mass is 35.5. The summed E-state index contributed by atoms with van der Waals surface area (Å²) in [6.07, 6.45) is 0.846. The lowest BCUT2D eigenvalue weighted by molar-refractivity contribution is 0.0790. The molecule has 0 radical (unpaired) electrons. The maximum Gasteiger partial charge on any atom is 0.412 e. The van der Waals surface area contributed by atoms with Crippen LogP contribution >= 0.6 is 11.6 Å². The number of likely N-dealkylation sites (N-methyl/N-ethyl adjacent to an activating group) is 2. The minimum Gasteiger partial charge on any atom is -0.447 e. The number of aromatic nitrogens is 1. The number of urea groups is 1. The van der Waals surface area contributed by atoms with E-state index >= 15 is 0 Å². The Balaban J connectivity index is 1.38. The lowest BCUT2D eigenvalue weighted by Crippen LogP contribution is -2.54. The predicted molar refractivity (Wildman–Crippen MR) is 146 cm³/mol. The van der Waals surface area contributed by atoms with Crippen LogP contribution in [-0.4, -0.2) is 91.3 Å². The maximum absolute atomic E-state index is 13.6. The number of nitrogens with one attached hydrogen (secondary N) is 2. The van der Waals surface area contributed by atoms with Crippen LogP contribution in [0.15, 0.2) is 54.7 Å². The molecule has 1 aromatic heterocycles. The fourth-order valence-electron chi connectivity index (χ4n) is 4.21. The molecule has 1 saturated heterocycles. The summed E-state index contributed by atoms with van der Waals surface area (Å²) in [5.74, 6) is -0.130. The van der Waals surface area contributed by atoms with Gasteiger partial charge in [0.05, 0.1) is 6.04 Å². The molecule has 0 saturated carbocycles. The number of pyridine rings is 1. The van der Waals surface area contributed by atoms with Crippen molar-refractivity contribution in [2.45, 2.75) is 12.6 Å². The van der Waals surface area contributed by atoms with Gasteiger partial charge in [-0.05, 0) is 48.3 Å². The van der Waals surface area contributed by atoms with E-state index in [0.29, 0.717) is 17.0 Å². The van der Waals surface area contributed by atoms with Crippen LogP contribution in [0.1, 0.15) is 5.56 Å². The van der Waals surface area contributed by atoms with Gasteiger partial charge in [-0.3, -0.25) is 10.2 Å². The van der Waals surface area contributed by atoms with Crippen LogP contribution in [0.4, 0.5) is 19.8 Å². The molecule has 0 unspecified atom stereocenters. The zero-order valence-electron chi connectivity index (χ0n) is 21.5. The van der Waals surface area contributed by atoms with Crippen molar-refractivity contribution in [1.29, 1.82) is 0 Å². The first-order chi connectivity index (χ1) is 18.3. The van der Waals surface area contributed by atoms with E-state index in [-0.39, 0.29) is 30.8 Å². The van der Waals surface area contributed by atoms with E-state index in [1.807, 2.05) is 18.2 Å². The van der Waals surface area contributed by atoms with E-state index in [4.69, 9.17) is 16.3 Å². The summed E-state index contributed by atoms with van der Waals surface area (Å²) >= 11 is 6.22. The molecule has 2 N–H and O–H groups in total. The Kier molecular flexibility index (Phi) is 9.33. The number of halogens is 2. The summed E-state index contributed by atoms with van der Waals surface area (Å²) in [5, 5.41) is 7.42. The number of anilines is 1. The number of carbonyl (C=O) groups is 2. The number of fused-ring (bicyclic) bond motifs is 1. The third-order valence-corrected chi connectivity index (χ3v) is 7.01. The molecule has 38 heavy (non-hydrogen) atoms. The van der Waals surface area contributed by atoms with Crippen molar-refractivity contribution < 1.29 is 18.7 Å². The molecule has 1 fully saturated rings. The number of benzene rings is 2. The van der Waals surface area contributed by atoms with E-state index in [9.17, 15) is 14.0 Å². The van der Waals surface area contributed by atoms with Gasteiger partial charge in [-0.25, -0.2) is 19.0 Å². The van der Waals surface area contributed by atoms with E-state index in [2.05, 4.69) is 32.5 Å². The van der Waals surface area contributed by atoms with E-state index in [1.54, 1.807) is 36.3 Å². The lowest BCUT2D eigenvalue weighted by atomic mass is 10.2. The zero-order chi connectivity index (χ0) is 27.1. The summed E-state index contributed by atoms with van der Waals surface area (Å²) in [7, 11) is 3.76. The van der Waals surface area contributed by atoms with Gasteiger partial charge in [0, 0.05) is 62.9 Å². The second kappa shape index (κ2) is 12.9. The molecule has 0 aliphatic carbocycles. The number of hydrogen-bond acceptors (Lipinski definition) is 6. The van der Waals surface area contributed by atoms with Crippen LogP contribution < -0.4 is 10.6 Å². The van der Waals surface area contributed by atoms with E-state index in [0.717, 1.165) is 37.1 Å². The van der Waals surface area contributed by atoms with Gasteiger partial charge in [0.2, 0.25) is 0 Å². The lowest BCUT2D eigenvalue weighted by Gasteiger charge is -2.37. The molecule has 11 heteroatoms. The Morgan fingerprint density at radius 3 is 2.66 bits per heavy atom. The van der Waals surface area contributed by atoms with Crippen molar-refractivity contribution in [2.24, 2.45) is 0 Å². The van der Waals surface area contributed by atoms with Crippen LogP contribution in [0.25, 0.3) is 10.8 Å².